The summed E-state index contributed by atoms with van der Waals surface area (Å²) in [5.41, 5.74) is 2.90. The zero-order valence-electron chi connectivity index (χ0n) is 9.81. The second kappa shape index (κ2) is 4.55. The molecule has 0 saturated carbocycles. The molecule has 1 aromatic heterocycles. The van der Waals surface area contributed by atoms with Crippen LogP contribution in [0.3, 0.4) is 0 Å². The van der Waals surface area contributed by atoms with Crippen LogP contribution in [0.25, 0.3) is 0 Å². The van der Waals surface area contributed by atoms with Crippen LogP contribution in [0.2, 0.25) is 0 Å². The third-order valence-corrected chi connectivity index (χ3v) is 4.32. The lowest BCUT2D eigenvalue weighted by atomic mass is 9.78. The fourth-order valence-corrected chi connectivity index (χ4v) is 3.18. The van der Waals surface area contributed by atoms with Crippen LogP contribution in [0.1, 0.15) is 27.1 Å². The van der Waals surface area contributed by atoms with Crippen LogP contribution in [0, 0.1) is 0 Å². The molecule has 0 spiro atoms. The van der Waals surface area contributed by atoms with E-state index in [1.807, 2.05) is 7.05 Å². The van der Waals surface area contributed by atoms with Gasteiger partial charge in [-0.2, -0.15) is 0 Å². The molecule has 1 aromatic carbocycles. The number of hydrogen-bond donors (Lipinski definition) is 1. The van der Waals surface area contributed by atoms with Crippen LogP contribution in [-0.4, -0.2) is 23.8 Å². The number of benzene rings is 1. The van der Waals surface area contributed by atoms with E-state index >= 15 is 0 Å². The second-order valence-electron chi connectivity index (χ2n) is 4.34. The van der Waals surface area contributed by atoms with Gasteiger partial charge in [0, 0.05) is 18.9 Å². The predicted molar refractivity (Wildman–Crippen MR) is 69.5 cm³/mol. The topological polar surface area (TPSA) is 37.8 Å². The first-order chi connectivity index (χ1) is 8.38. The Hall–Kier alpha value is -1.26. The van der Waals surface area contributed by atoms with Gasteiger partial charge >= 0.3 is 0 Å². The van der Waals surface area contributed by atoms with Gasteiger partial charge in [-0.1, -0.05) is 24.3 Å². The van der Waals surface area contributed by atoms with E-state index in [0.717, 1.165) is 24.4 Å². The van der Waals surface area contributed by atoms with Crippen molar-refractivity contribution in [3.63, 3.8) is 0 Å². The van der Waals surface area contributed by atoms with Crippen molar-refractivity contribution in [1.29, 1.82) is 0 Å². The fourth-order valence-electron chi connectivity index (χ4n) is 2.22. The average molecular weight is 245 g/mol. The van der Waals surface area contributed by atoms with E-state index in [1.54, 1.807) is 11.3 Å². The Morgan fingerprint density at radius 1 is 1.35 bits per heavy atom. The molecule has 1 heterocycles. The molecule has 0 radical (unpaired) electrons. The second-order valence-corrected chi connectivity index (χ2v) is 5.44. The van der Waals surface area contributed by atoms with Crippen molar-refractivity contribution in [2.24, 2.45) is 0 Å². The number of fused-ring (bicyclic) bond motifs is 1. The number of likely N-dealkylation sites (N-methyl/N-ethyl adjacent to an activating group) is 1. The van der Waals surface area contributed by atoms with Crippen molar-refractivity contribution < 1.29 is 0 Å². The Kier molecular flexibility index (Phi) is 2.91. The molecule has 1 aliphatic carbocycles. The summed E-state index contributed by atoms with van der Waals surface area (Å²) in [6.45, 7) is 0.968. The molecule has 0 fully saturated rings. The Morgan fingerprint density at radius 3 is 3.06 bits per heavy atom. The van der Waals surface area contributed by atoms with Gasteiger partial charge in [-0.25, -0.2) is 0 Å². The number of rotatable bonds is 4. The molecule has 0 bridgehead atoms. The monoisotopic (exact) mass is 245 g/mol. The van der Waals surface area contributed by atoms with E-state index in [2.05, 4.69) is 39.8 Å². The molecule has 17 heavy (non-hydrogen) atoms. The SMILES string of the molecule is CNCCc1nnc(C2Cc3ccccc32)s1. The molecule has 1 N–H and O–H groups in total. The van der Waals surface area contributed by atoms with Crippen molar-refractivity contribution in [1.82, 2.24) is 15.5 Å². The molecule has 3 rings (SSSR count). The summed E-state index contributed by atoms with van der Waals surface area (Å²) in [4.78, 5) is 0. The minimum Gasteiger partial charge on any atom is -0.319 e. The highest BCUT2D eigenvalue weighted by molar-refractivity contribution is 7.11. The molecule has 3 nitrogen and oxygen atoms in total. The number of nitrogens with zero attached hydrogens (tertiary/aromatic N) is 2. The van der Waals surface area contributed by atoms with E-state index in [9.17, 15) is 0 Å². The quantitative estimate of drug-likeness (QED) is 0.895. The predicted octanol–water partition coefficient (Wildman–Crippen LogP) is 1.99. The Labute approximate surface area is 105 Å². The molecule has 1 unspecified atom stereocenters. The summed E-state index contributed by atoms with van der Waals surface area (Å²) in [5, 5.41) is 14.0. The molecular weight excluding hydrogens is 230 g/mol. The lowest BCUT2D eigenvalue weighted by molar-refractivity contribution is 0.690. The van der Waals surface area contributed by atoms with E-state index in [-0.39, 0.29) is 0 Å². The van der Waals surface area contributed by atoms with Gasteiger partial charge in [0.25, 0.3) is 0 Å². The fraction of sp³-hybridized carbons (Fsp3) is 0.385. The normalized spacial score (nSPS) is 17.6. The highest BCUT2D eigenvalue weighted by Crippen LogP contribution is 2.40. The van der Waals surface area contributed by atoms with Gasteiger partial charge in [0.05, 0.1) is 0 Å². The van der Waals surface area contributed by atoms with Crippen LogP contribution in [0.4, 0.5) is 0 Å². The van der Waals surface area contributed by atoms with E-state index in [1.165, 1.54) is 16.1 Å². The summed E-state index contributed by atoms with van der Waals surface area (Å²) < 4.78 is 0. The Morgan fingerprint density at radius 2 is 2.24 bits per heavy atom. The summed E-state index contributed by atoms with van der Waals surface area (Å²) in [5.74, 6) is 0.493. The first kappa shape index (κ1) is 10.9. The van der Waals surface area contributed by atoms with Crippen LogP contribution >= 0.6 is 11.3 Å². The zero-order chi connectivity index (χ0) is 11.7. The van der Waals surface area contributed by atoms with Gasteiger partial charge in [0.15, 0.2) is 0 Å². The zero-order valence-corrected chi connectivity index (χ0v) is 10.6. The van der Waals surface area contributed by atoms with Crippen molar-refractivity contribution >= 4 is 11.3 Å². The first-order valence-electron chi connectivity index (χ1n) is 5.93. The van der Waals surface area contributed by atoms with E-state index < -0.39 is 0 Å². The molecule has 4 heteroatoms. The highest BCUT2D eigenvalue weighted by Gasteiger charge is 2.29. The molecule has 0 saturated heterocycles. The summed E-state index contributed by atoms with van der Waals surface area (Å²) >= 11 is 1.76. The first-order valence-corrected chi connectivity index (χ1v) is 6.75. The van der Waals surface area contributed by atoms with Gasteiger partial charge in [0.1, 0.15) is 10.0 Å². The standard InChI is InChI=1S/C13H15N3S/c1-14-7-6-12-15-16-13(17-12)11-8-9-4-2-3-5-10(9)11/h2-5,11,14H,6-8H2,1H3. The van der Waals surface area contributed by atoms with Crippen LogP contribution in [-0.2, 0) is 12.8 Å². The maximum absolute atomic E-state index is 4.33. The summed E-state index contributed by atoms with van der Waals surface area (Å²) in [6, 6.07) is 8.62. The van der Waals surface area contributed by atoms with Gasteiger partial charge < -0.3 is 5.32 Å². The van der Waals surface area contributed by atoms with Crippen molar-refractivity contribution in [2.75, 3.05) is 13.6 Å². The third kappa shape index (κ3) is 1.98. The molecule has 2 aromatic rings. The van der Waals surface area contributed by atoms with Crippen molar-refractivity contribution in [2.45, 2.75) is 18.8 Å². The van der Waals surface area contributed by atoms with E-state index in [0.29, 0.717) is 5.92 Å². The van der Waals surface area contributed by atoms with Crippen molar-refractivity contribution in [3.8, 4) is 0 Å². The third-order valence-electron chi connectivity index (χ3n) is 3.22. The summed E-state index contributed by atoms with van der Waals surface area (Å²) in [7, 11) is 1.96. The van der Waals surface area contributed by atoms with Crippen LogP contribution < -0.4 is 5.32 Å². The lowest BCUT2D eigenvalue weighted by Gasteiger charge is -2.27. The van der Waals surface area contributed by atoms with Crippen molar-refractivity contribution in [3.05, 3.63) is 45.4 Å². The van der Waals surface area contributed by atoms with Gasteiger partial charge in [-0.15, -0.1) is 21.5 Å². The van der Waals surface area contributed by atoms with Crippen LogP contribution in [0.15, 0.2) is 24.3 Å². The molecular formula is C13H15N3S. The largest absolute Gasteiger partial charge is 0.319 e. The smallest absolute Gasteiger partial charge is 0.125 e. The molecule has 0 amide bonds. The minimum atomic E-state index is 0.493. The maximum Gasteiger partial charge on any atom is 0.125 e. The Balaban J connectivity index is 1.76. The number of hydrogen-bond acceptors (Lipinski definition) is 4. The summed E-state index contributed by atoms with van der Waals surface area (Å²) in [6.07, 6.45) is 2.10. The minimum absolute atomic E-state index is 0.493. The molecule has 0 aliphatic heterocycles. The molecule has 1 atom stereocenters. The molecule has 88 valence electrons. The maximum atomic E-state index is 4.33. The molecule has 1 aliphatic rings. The number of nitrogens with one attached hydrogen (secondary N) is 1. The van der Waals surface area contributed by atoms with Crippen LogP contribution in [0.5, 0.6) is 0 Å². The van der Waals surface area contributed by atoms with Gasteiger partial charge in [-0.3, -0.25) is 0 Å². The lowest BCUT2D eigenvalue weighted by Crippen LogP contribution is -2.17. The highest BCUT2D eigenvalue weighted by atomic mass is 32.1. The van der Waals surface area contributed by atoms with Gasteiger partial charge in [0.2, 0.25) is 0 Å². The Bertz CT molecular complexity index is 521. The van der Waals surface area contributed by atoms with Gasteiger partial charge in [-0.05, 0) is 24.6 Å². The van der Waals surface area contributed by atoms with E-state index in [4.69, 9.17) is 0 Å². The average Bonchev–Trinajstić information content (AvgIpc) is 2.76. The number of aromatic nitrogens is 2.